The van der Waals surface area contributed by atoms with E-state index in [-0.39, 0.29) is 5.54 Å². The second kappa shape index (κ2) is 7.88. The predicted octanol–water partition coefficient (Wildman–Crippen LogP) is 5.57. The maximum Gasteiger partial charge on any atom is 0.156 e. The van der Waals surface area contributed by atoms with Crippen molar-refractivity contribution in [2.75, 3.05) is 13.7 Å². The number of pyridine rings is 1. The summed E-state index contributed by atoms with van der Waals surface area (Å²) in [6.07, 6.45) is 0.907. The summed E-state index contributed by atoms with van der Waals surface area (Å²) in [5, 5.41) is 4.63. The molecular formula is C27H25N3O. The average molecular weight is 408 g/mol. The predicted molar refractivity (Wildman–Crippen MR) is 127 cm³/mol. The minimum atomic E-state index is -0.293. The minimum Gasteiger partial charge on any atom is -0.494 e. The van der Waals surface area contributed by atoms with Gasteiger partial charge in [-0.05, 0) is 18.1 Å². The minimum absolute atomic E-state index is 0.293. The first-order chi connectivity index (χ1) is 15.3. The highest BCUT2D eigenvalue weighted by molar-refractivity contribution is 6.13. The van der Waals surface area contributed by atoms with Crippen molar-refractivity contribution in [3.63, 3.8) is 0 Å². The van der Waals surface area contributed by atoms with Crippen LogP contribution in [0.4, 0.5) is 0 Å². The molecule has 5 rings (SSSR count). The van der Waals surface area contributed by atoms with Gasteiger partial charge in [-0.1, -0.05) is 85.8 Å². The molecule has 0 saturated heterocycles. The van der Waals surface area contributed by atoms with Gasteiger partial charge >= 0.3 is 0 Å². The molecule has 4 nitrogen and oxygen atoms in total. The Morgan fingerprint density at radius 1 is 0.903 bits per heavy atom. The van der Waals surface area contributed by atoms with Gasteiger partial charge in [-0.25, -0.2) is 4.98 Å². The summed E-state index contributed by atoms with van der Waals surface area (Å²) in [4.78, 5) is 10.2. The zero-order valence-electron chi connectivity index (χ0n) is 17.8. The molecule has 4 aromatic rings. The Morgan fingerprint density at radius 3 is 2.29 bits per heavy atom. The second-order valence-corrected chi connectivity index (χ2v) is 7.82. The van der Waals surface area contributed by atoms with E-state index in [9.17, 15) is 0 Å². The normalized spacial score (nSPS) is 17.9. The lowest BCUT2D eigenvalue weighted by Crippen LogP contribution is -2.30. The Bertz CT molecular complexity index is 1250. The molecule has 1 N–H and O–H groups in total. The molecule has 2 heterocycles. The van der Waals surface area contributed by atoms with Crippen LogP contribution in [0.1, 0.15) is 24.5 Å². The fraction of sp³-hybridized carbons (Fsp3) is 0.185. The van der Waals surface area contributed by atoms with Crippen LogP contribution in [-0.2, 0) is 5.54 Å². The van der Waals surface area contributed by atoms with Crippen LogP contribution in [0.5, 0.6) is 5.75 Å². The number of para-hydroxylation sites is 1. The van der Waals surface area contributed by atoms with Gasteiger partial charge < -0.3 is 10.1 Å². The van der Waals surface area contributed by atoms with Crippen molar-refractivity contribution >= 4 is 16.7 Å². The summed E-state index contributed by atoms with van der Waals surface area (Å²) in [7, 11) is 1.71. The molecule has 0 amide bonds. The Hall–Kier alpha value is -3.66. The lowest BCUT2D eigenvalue weighted by atomic mass is 9.88. The Balaban J connectivity index is 1.77. The van der Waals surface area contributed by atoms with Crippen LogP contribution in [0.2, 0.25) is 0 Å². The van der Waals surface area contributed by atoms with E-state index < -0.39 is 0 Å². The fourth-order valence-corrected chi connectivity index (χ4v) is 4.41. The summed E-state index contributed by atoms with van der Waals surface area (Å²) in [6.45, 7) is 2.95. The van der Waals surface area contributed by atoms with Crippen LogP contribution in [-0.4, -0.2) is 24.5 Å². The number of methoxy groups -OCH3 is 1. The van der Waals surface area contributed by atoms with E-state index in [2.05, 4.69) is 54.7 Å². The topological polar surface area (TPSA) is 46.5 Å². The molecule has 0 fully saturated rings. The van der Waals surface area contributed by atoms with E-state index >= 15 is 0 Å². The van der Waals surface area contributed by atoms with Crippen LogP contribution in [0.15, 0.2) is 89.9 Å². The molecule has 1 aliphatic heterocycles. The number of benzene rings is 3. The Labute approximate surface area is 182 Å². The van der Waals surface area contributed by atoms with Crippen molar-refractivity contribution in [3.05, 3.63) is 96.1 Å². The zero-order valence-corrected chi connectivity index (χ0v) is 17.8. The number of nitrogens with zero attached hydrogens (tertiary/aromatic N) is 2. The van der Waals surface area contributed by atoms with Crippen molar-refractivity contribution in [1.82, 2.24) is 10.3 Å². The van der Waals surface area contributed by atoms with Crippen molar-refractivity contribution in [2.45, 2.75) is 18.9 Å². The number of fused-ring (bicyclic) bond motifs is 1. The van der Waals surface area contributed by atoms with Gasteiger partial charge in [-0.2, -0.15) is 0 Å². The van der Waals surface area contributed by atoms with Crippen molar-refractivity contribution < 1.29 is 4.74 Å². The van der Waals surface area contributed by atoms with Gasteiger partial charge in [-0.3, -0.25) is 4.99 Å². The first-order valence-electron chi connectivity index (χ1n) is 10.7. The highest BCUT2D eigenvalue weighted by Crippen LogP contribution is 2.39. The van der Waals surface area contributed by atoms with Crippen LogP contribution in [0.3, 0.4) is 0 Å². The van der Waals surface area contributed by atoms with Crippen molar-refractivity contribution in [2.24, 2.45) is 4.99 Å². The number of aliphatic imine (C=N–C) groups is 1. The van der Waals surface area contributed by atoms with Gasteiger partial charge in [0.1, 0.15) is 17.1 Å². The quantitative estimate of drug-likeness (QED) is 0.471. The van der Waals surface area contributed by atoms with Gasteiger partial charge in [0, 0.05) is 17.5 Å². The van der Waals surface area contributed by atoms with Crippen LogP contribution in [0, 0.1) is 0 Å². The van der Waals surface area contributed by atoms with E-state index in [0.29, 0.717) is 0 Å². The van der Waals surface area contributed by atoms with Crippen LogP contribution >= 0.6 is 0 Å². The fourth-order valence-electron chi connectivity index (χ4n) is 4.41. The molecule has 4 heteroatoms. The third kappa shape index (κ3) is 3.25. The summed E-state index contributed by atoms with van der Waals surface area (Å²) < 4.78 is 5.98. The lowest BCUT2D eigenvalue weighted by molar-refractivity contribution is 0.414. The Kier molecular flexibility index (Phi) is 4.91. The molecule has 0 unspecified atom stereocenters. The summed E-state index contributed by atoms with van der Waals surface area (Å²) >= 11 is 0. The number of hydrogen-bond donors (Lipinski definition) is 1. The highest BCUT2D eigenvalue weighted by atomic mass is 16.5. The largest absolute Gasteiger partial charge is 0.494 e. The van der Waals surface area contributed by atoms with Gasteiger partial charge in [0.15, 0.2) is 5.75 Å². The van der Waals surface area contributed by atoms with Gasteiger partial charge in [-0.15, -0.1) is 0 Å². The van der Waals surface area contributed by atoms with Gasteiger partial charge in [0.05, 0.1) is 18.2 Å². The molecule has 0 radical (unpaired) electrons. The number of hydrogen-bond acceptors (Lipinski definition) is 4. The number of rotatable bonds is 5. The van der Waals surface area contributed by atoms with E-state index in [0.717, 1.165) is 52.3 Å². The van der Waals surface area contributed by atoms with Gasteiger partial charge in [0.2, 0.25) is 0 Å². The highest BCUT2D eigenvalue weighted by Gasteiger charge is 2.37. The smallest absolute Gasteiger partial charge is 0.156 e. The molecule has 3 aromatic carbocycles. The summed E-state index contributed by atoms with van der Waals surface area (Å²) in [6, 6.07) is 28.9. The SMILES string of the molecule is CC[C@]1(c2ccccc2)CNC(c2c(OC)c(-c3ccccc3)nc3ccccc23)=N1. The number of ether oxygens (including phenoxy) is 1. The molecule has 0 aliphatic carbocycles. The average Bonchev–Trinajstić information content (AvgIpc) is 3.29. The van der Waals surface area contributed by atoms with Crippen LogP contribution < -0.4 is 10.1 Å². The van der Waals surface area contributed by atoms with E-state index in [1.54, 1.807) is 7.11 Å². The monoisotopic (exact) mass is 407 g/mol. The standard InChI is InChI=1S/C27H25N3O/c1-3-27(20-14-8-5-9-15-20)18-28-26(30-27)23-21-16-10-11-17-22(21)29-24(25(23)31-2)19-12-6-4-7-13-19/h4-17H,3,18H2,1-2H3,(H,28,30)/t27-/m1/s1. The molecule has 154 valence electrons. The van der Waals surface area contributed by atoms with E-state index in [4.69, 9.17) is 14.7 Å². The lowest BCUT2D eigenvalue weighted by Gasteiger charge is -2.23. The van der Waals surface area contributed by atoms with Gasteiger partial charge in [0.25, 0.3) is 0 Å². The molecule has 1 aliphatic rings. The third-order valence-electron chi connectivity index (χ3n) is 6.11. The molecule has 31 heavy (non-hydrogen) atoms. The number of nitrogens with one attached hydrogen (secondary N) is 1. The van der Waals surface area contributed by atoms with E-state index in [1.165, 1.54) is 5.56 Å². The van der Waals surface area contributed by atoms with Crippen molar-refractivity contribution in [3.8, 4) is 17.0 Å². The van der Waals surface area contributed by atoms with E-state index in [1.807, 2.05) is 42.5 Å². The zero-order chi connectivity index (χ0) is 21.3. The summed E-state index contributed by atoms with van der Waals surface area (Å²) in [5.74, 6) is 1.61. The molecule has 1 atom stereocenters. The Morgan fingerprint density at radius 2 is 1.58 bits per heavy atom. The first kappa shape index (κ1) is 19.3. The maximum atomic E-state index is 5.98. The molecule has 1 aromatic heterocycles. The molecule has 0 spiro atoms. The third-order valence-corrected chi connectivity index (χ3v) is 6.11. The molecule has 0 bridgehead atoms. The first-order valence-corrected chi connectivity index (χ1v) is 10.7. The second-order valence-electron chi connectivity index (χ2n) is 7.82. The van der Waals surface area contributed by atoms with Crippen molar-refractivity contribution in [1.29, 1.82) is 0 Å². The molecule has 0 saturated carbocycles. The number of amidine groups is 1. The maximum absolute atomic E-state index is 5.98. The summed E-state index contributed by atoms with van der Waals surface area (Å²) in [5.41, 5.74) is 4.68. The number of aromatic nitrogens is 1. The van der Waals surface area contributed by atoms with Crippen LogP contribution in [0.25, 0.3) is 22.2 Å². The molecular weight excluding hydrogens is 382 g/mol.